The number of nitrogens with one attached hydrogen (secondary N) is 1. The second-order valence-electron chi connectivity index (χ2n) is 9.12. The number of nitrogens with zero attached hydrogens (tertiary/aromatic N) is 2. The summed E-state index contributed by atoms with van der Waals surface area (Å²) < 4.78 is 72.0. The Balaban J connectivity index is 2.08. The van der Waals surface area contributed by atoms with Crippen molar-refractivity contribution in [1.82, 2.24) is 10.2 Å². The highest BCUT2D eigenvalue weighted by Gasteiger charge is 2.36. The summed E-state index contributed by atoms with van der Waals surface area (Å²) >= 11 is 5.72. The van der Waals surface area contributed by atoms with Crippen LogP contribution in [0.2, 0.25) is 5.02 Å². The number of likely N-dealkylation sites (N-methyl/N-ethyl adjacent to an activating group) is 1. The number of alkyl halides is 3. The van der Waals surface area contributed by atoms with Crippen molar-refractivity contribution in [3.63, 3.8) is 0 Å². The molecule has 1 unspecified atom stereocenters. The van der Waals surface area contributed by atoms with E-state index in [-0.39, 0.29) is 13.0 Å². The van der Waals surface area contributed by atoms with Crippen LogP contribution in [0.4, 0.5) is 18.9 Å². The average Bonchev–Trinajstić information content (AvgIpc) is 2.93. The Kier molecular flexibility index (Phi) is 10.3. The minimum atomic E-state index is -4.86. The van der Waals surface area contributed by atoms with Gasteiger partial charge in [0.05, 0.1) is 29.6 Å². The molecule has 0 aliphatic rings. The van der Waals surface area contributed by atoms with Crippen molar-refractivity contribution in [2.24, 2.45) is 0 Å². The summed E-state index contributed by atoms with van der Waals surface area (Å²) in [5.74, 6) is -0.832. The molecule has 0 bridgehead atoms. The van der Waals surface area contributed by atoms with Crippen molar-refractivity contribution in [2.75, 3.05) is 31.3 Å². The lowest BCUT2D eigenvalue weighted by Gasteiger charge is -2.33. The molecular formula is C28H29ClF3N3O5S. The van der Waals surface area contributed by atoms with E-state index in [1.807, 2.05) is 0 Å². The van der Waals surface area contributed by atoms with Gasteiger partial charge in [0.25, 0.3) is 0 Å². The van der Waals surface area contributed by atoms with Gasteiger partial charge in [-0.2, -0.15) is 13.2 Å². The molecule has 0 radical (unpaired) electrons. The third-order valence-corrected chi connectivity index (χ3v) is 7.70. The maximum atomic E-state index is 13.9. The Bertz CT molecular complexity index is 1490. The molecule has 13 heteroatoms. The number of carbonyl (C=O) groups is 2. The number of carbonyl (C=O) groups excluding carboxylic acids is 2. The molecule has 0 saturated heterocycles. The summed E-state index contributed by atoms with van der Waals surface area (Å²) in [6.07, 6.45) is -4.00. The average molecular weight is 612 g/mol. The molecule has 3 aromatic rings. The fraction of sp³-hybridized carbons (Fsp3) is 0.286. The molecule has 1 N–H and O–H groups in total. The maximum Gasteiger partial charge on any atom is 0.417 e. The maximum absolute atomic E-state index is 13.9. The summed E-state index contributed by atoms with van der Waals surface area (Å²) in [6.45, 7) is -0.989. The van der Waals surface area contributed by atoms with Crippen LogP contribution in [-0.4, -0.2) is 58.1 Å². The molecule has 0 heterocycles. The van der Waals surface area contributed by atoms with Crippen molar-refractivity contribution >= 4 is 39.1 Å². The highest BCUT2D eigenvalue weighted by atomic mass is 35.5. The zero-order chi connectivity index (χ0) is 30.4. The minimum absolute atomic E-state index is 0.0915. The lowest BCUT2D eigenvalue weighted by molar-refractivity contribution is -0.139. The molecule has 3 aromatic carbocycles. The van der Waals surface area contributed by atoms with E-state index in [0.29, 0.717) is 21.7 Å². The molecular weight excluding hydrogens is 583 g/mol. The predicted octanol–water partition coefficient (Wildman–Crippen LogP) is 4.52. The van der Waals surface area contributed by atoms with Crippen LogP contribution in [0, 0.1) is 0 Å². The third kappa shape index (κ3) is 8.37. The van der Waals surface area contributed by atoms with Gasteiger partial charge in [0.1, 0.15) is 18.3 Å². The standard InChI is InChI=1S/C28H29ClF3N3O5S/c1-33-27(37)25(15-19-8-5-4-6-9-19)34(17-20-10-7-11-22(14-20)40-2)26(36)18-35(41(3,38)39)21-12-13-24(29)23(16-21)28(30,31)32/h4-14,16,25H,15,17-18H2,1-3H3,(H,33,37). The first-order valence-electron chi connectivity index (χ1n) is 12.3. The van der Waals surface area contributed by atoms with Gasteiger partial charge in [-0.25, -0.2) is 8.42 Å². The van der Waals surface area contributed by atoms with Crippen LogP contribution >= 0.6 is 11.6 Å². The Morgan fingerprint density at radius 3 is 2.24 bits per heavy atom. The third-order valence-electron chi connectivity index (χ3n) is 6.23. The largest absolute Gasteiger partial charge is 0.497 e. The van der Waals surface area contributed by atoms with Crippen LogP contribution in [0.1, 0.15) is 16.7 Å². The van der Waals surface area contributed by atoms with E-state index in [0.717, 1.165) is 24.0 Å². The predicted molar refractivity (Wildman–Crippen MR) is 150 cm³/mol. The van der Waals surface area contributed by atoms with Gasteiger partial charge in [0.2, 0.25) is 21.8 Å². The Morgan fingerprint density at radius 1 is 1.00 bits per heavy atom. The van der Waals surface area contributed by atoms with Crippen molar-refractivity contribution in [3.05, 3.63) is 94.5 Å². The van der Waals surface area contributed by atoms with E-state index in [1.165, 1.54) is 19.1 Å². The second-order valence-corrected chi connectivity index (χ2v) is 11.4. The number of rotatable bonds is 11. The lowest BCUT2D eigenvalue weighted by atomic mass is 10.0. The highest BCUT2D eigenvalue weighted by molar-refractivity contribution is 7.92. The number of ether oxygens (including phenoxy) is 1. The van der Waals surface area contributed by atoms with Gasteiger partial charge in [0, 0.05) is 20.0 Å². The molecule has 0 fully saturated rings. The van der Waals surface area contributed by atoms with E-state index in [1.54, 1.807) is 54.6 Å². The zero-order valence-electron chi connectivity index (χ0n) is 22.5. The highest BCUT2D eigenvalue weighted by Crippen LogP contribution is 2.37. The van der Waals surface area contributed by atoms with Gasteiger partial charge >= 0.3 is 6.18 Å². The van der Waals surface area contributed by atoms with Crippen molar-refractivity contribution < 1.29 is 35.9 Å². The molecule has 2 amide bonds. The number of benzene rings is 3. The Morgan fingerprint density at radius 2 is 1.66 bits per heavy atom. The van der Waals surface area contributed by atoms with Crippen LogP contribution in [0.25, 0.3) is 0 Å². The minimum Gasteiger partial charge on any atom is -0.497 e. The molecule has 8 nitrogen and oxygen atoms in total. The number of halogens is 4. The number of methoxy groups -OCH3 is 1. The van der Waals surface area contributed by atoms with E-state index in [4.69, 9.17) is 16.3 Å². The fourth-order valence-corrected chi connectivity index (χ4v) is 5.25. The summed E-state index contributed by atoms with van der Waals surface area (Å²) in [6, 6.07) is 17.1. The smallest absolute Gasteiger partial charge is 0.417 e. The van der Waals surface area contributed by atoms with Crippen LogP contribution in [0.3, 0.4) is 0 Å². The summed E-state index contributed by atoms with van der Waals surface area (Å²) in [7, 11) is -1.39. The Labute approximate surface area is 241 Å². The van der Waals surface area contributed by atoms with Gasteiger partial charge in [-0.3, -0.25) is 13.9 Å². The van der Waals surface area contributed by atoms with Crippen LogP contribution < -0.4 is 14.4 Å². The van der Waals surface area contributed by atoms with Gasteiger partial charge in [-0.1, -0.05) is 54.1 Å². The number of hydrogen-bond acceptors (Lipinski definition) is 5. The molecule has 0 aliphatic heterocycles. The molecule has 41 heavy (non-hydrogen) atoms. The quantitative estimate of drug-likeness (QED) is 0.344. The molecule has 0 saturated carbocycles. The molecule has 1 atom stereocenters. The first-order valence-corrected chi connectivity index (χ1v) is 14.5. The van der Waals surface area contributed by atoms with E-state index >= 15 is 0 Å². The topological polar surface area (TPSA) is 96.0 Å². The van der Waals surface area contributed by atoms with Crippen LogP contribution in [-0.2, 0) is 38.8 Å². The molecule has 3 rings (SSSR count). The van der Waals surface area contributed by atoms with Gasteiger partial charge in [-0.05, 0) is 41.5 Å². The van der Waals surface area contributed by atoms with Crippen molar-refractivity contribution in [3.8, 4) is 5.75 Å². The SMILES string of the molecule is CNC(=O)C(Cc1ccccc1)N(Cc1cccc(OC)c1)C(=O)CN(c1ccc(Cl)c(C(F)(F)F)c1)S(C)(=O)=O. The van der Waals surface area contributed by atoms with E-state index < -0.39 is 56.9 Å². The van der Waals surface area contributed by atoms with Gasteiger partial charge < -0.3 is 15.0 Å². The van der Waals surface area contributed by atoms with Gasteiger partial charge in [0.15, 0.2) is 0 Å². The van der Waals surface area contributed by atoms with E-state index in [2.05, 4.69) is 5.32 Å². The number of amides is 2. The lowest BCUT2D eigenvalue weighted by Crippen LogP contribution is -2.52. The summed E-state index contributed by atoms with van der Waals surface area (Å²) in [5.41, 5.74) is -0.342. The molecule has 220 valence electrons. The molecule has 0 aromatic heterocycles. The first-order chi connectivity index (χ1) is 19.2. The normalized spacial score (nSPS) is 12.4. The number of sulfonamides is 1. The molecule has 0 spiro atoms. The van der Waals surface area contributed by atoms with Crippen molar-refractivity contribution in [1.29, 1.82) is 0 Å². The van der Waals surface area contributed by atoms with Crippen LogP contribution in [0.15, 0.2) is 72.8 Å². The summed E-state index contributed by atoms with van der Waals surface area (Å²) in [4.78, 5) is 28.2. The number of anilines is 1. The molecule has 0 aliphatic carbocycles. The summed E-state index contributed by atoms with van der Waals surface area (Å²) in [5, 5.41) is 1.92. The monoisotopic (exact) mass is 611 g/mol. The van der Waals surface area contributed by atoms with Crippen molar-refractivity contribution in [2.45, 2.75) is 25.2 Å². The first kappa shape index (κ1) is 31.8. The van der Waals surface area contributed by atoms with Gasteiger partial charge in [-0.15, -0.1) is 0 Å². The second kappa shape index (κ2) is 13.3. The fourth-order valence-electron chi connectivity index (χ4n) is 4.19. The van der Waals surface area contributed by atoms with E-state index in [9.17, 15) is 31.2 Å². The Hall–Kier alpha value is -3.77. The van der Waals surface area contributed by atoms with Crippen LogP contribution in [0.5, 0.6) is 5.75 Å². The number of hydrogen-bond donors (Lipinski definition) is 1. The zero-order valence-corrected chi connectivity index (χ0v) is 24.1.